The van der Waals surface area contributed by atoms with Crippen molar-refractivity contribution in [2.24, 2.45) is 16.6 Å². The summed E-state index contributed by atoms with van der Waals surface area (Å²) in [6.07, 6.45) is 0. The van der Waals surface area contributed by atoms with Crippen molar-refractivity contribution in [2.75, 3.05) is 51.8 Å². The van der Waals surface area contributed by atoms with Crippen molar-refractivity contribution < 1.29 is 9.47 Å². The Labute approximate surface area is 155 Å². The number of halogens is 1. The third-order valence-electron chi connectivity index (χ3n) is 3.62. The van der Waals surface area contributed by atoms with Crippen molar-refractivity contribution in [1.29, 1.82) is 0 Å². The van der Waals surface area contributed by atoms with E-state index in [-0.39, 0.29) is 24.0 Å². The largest absolute Gasteiger partial charge is 0.495 e. The van der Waals surface area contributed by atoms with Gasteiger partial charge in [-0.3, -0.25) is 9.89 Å². The minimum Gasteiger partial charge on any atom is -0.495 e. The molecule has 1 atom stereocenters. The van der Waals surface area contributed by atoms with Gasteiger partial charge in [0.1, 0.15) is 5.75 Å². The van der Waals surface area contributed by atoms with Gasteiger partial charge in [0.05, 0.1) is 26.0 Å². The van der Waals surface area contributed by atoms with Gasteiger partial charge in [0.15, 0.2) is 5.96 Å². The van der Waals surface area contributed by atoms with Crippen LogP contribution in [0.25, 0.3) is 0 Å². The van der Waals surface area contributed by atoms with Crippen LogP contribution in [0.2, 0.25) is 0 Å². The number of methoxy groups -OCH3 is 1. The van der Waals surface area contributed by atoms with Gasteiger partial charge < -0.3 is 20.5 Å². The molecule has 1 heterocycles. The Morgan fingerprint density at radius 3 is 2.78 bits per heavy atom. The number of benzene rings is 1. The quantitative estimate of drug-likeness (QED) is 0.407. The highest BCUT2D eigenvalue weighted by molar-refractivity contribution is 14.0. The summed E-state index contributed by atoms with van der Waals surface area (Å²) in [6, 6.07) is 7.65. The van der Waals surface area contributed by atoms with E-state index in [1.165, 1.54) is 0 Å². The average molecular weight is 434 g/mol. The summed E-state index contributed by atoms with van der Waals surface area (Å²) in [5, 5.41) is 3.09. The van der Waals surface area contributed by atoms with Gasteiger partial charge in [0.25, 0.3) is 0 Å². The van der Waals surface area contributed by atoms with Gasteiger partial charge in [0, 0.05) is 26.2 Å². The van der Waals surface area contributed by atoms with Crippen LogP contribution in [0.4, 0.5) is 5.69 Å². The van der Waals surface area contributed by atoms with Gasteiger partial charge in [-0.05, 0) is 18.1 Å². The SMILES string of the molecule is COc1ccccc1NC(N)=NCC(C)CN1CCOCC1.I. The lowest BCUT2D eigenvalue weighted by Crippen LogP contribution is -2.39. The molecule has 6 nitrogen and oxygen atoms in total. The highest BCUT2D eigenvalue weighted by Crippen LogP contribution is 2.22. The number of para-hydroxylation sites is 2. The van der Waals surface area contributed by atoms with E-state index in [1.54, 1.807) is 7.11 Å². The van der Waals surface area contributed by atoms with Crippen LogP contribution in [0, 0.1) is 5.92 Å². The van der Waals surface area contributed by atoms with Gasteiger partial charge in [-0.2, -0.15) is 0 Å². The second kappa shape index (κ2) is 10.7. The summed E-state index contributed by atoms with van der Waals surface area (Å²) < 4.78 is 10.6. The summed E-state index contributed by atoms with van der Waals surface area (Å²) in [5.41, 5.74) is 6.79. The molecule has 0 amide bonds. The maximum atomic E-state index is 5.96. The zero-order valence-corrected chi connectivity index (χ0v) is 16.2. The number of rotatable bonds is 6. The number of nitrogens with two attached hydrogens (primary N) is 1. The van der Waals surface area contributed by atoms with Crippen LogP contribution in [0.5, 0.6) is 5.75 Å². The summed E-state index contributed by atoms with van der Waals surface area (Å²) >= 11 is 0. The van der Waals surface area contributed by atoms with E-state index in [0.29, 0.717) is 18.4 Å². The first-order valence-electron chi connectivity index (χ1n) is 7.69. The molecule has 1 unspecified atom stereocenters. The highest BCUT2D eigenvalue weighted by Gasteiger charge is 2.13. The Kier molecular flexibility index (Phi) is 9.27. The molecule has 1 aliphatic heterocycles. The van der Waals surface area contributed by atoms with Gasteiger partial charge in [-0.25, -0.2) is 0 Å². The average Bonchev–Trinajstić information content (AvgIpc) is 2.54. The highest BCUT2D eigenvalue weighted by atomic mass is 127. The number of hydrogen-bond donors (Lipinski definition) is 2. The van der Waals surface area contributed by atoms with Crippen molar-refractivity contribution in [3.8, 4) is 5.75 Å². The van der Waals surface area contributed by atoms with Gasteiger partial charge in [0.2, 0.25) is 0 Å². The molecule has 3 N–H and O–H groups in total. The lowest BCUT2D eigenvalue weighted by Gasteiger charge is -2.28. The van der Waals surface area contributed by atoms with Crippen LogP contribution < -0.4 is 15.8 Å². The van der Waals surface area contributed by atoms with E-state index < -0.39 is 0 Å². The number of aliphatic imine (C=N–C) groups is 1. The zero-order valence-electron chi connectivity index (χ0n) is 13.8. The minimum absolute atomic E-state index is 0. The predicted octanol–water partition coefficient (Wildman–Crippen LogP) is 2.01. The third kappa shape index (κ3) is 6.92. The maximum Gasteiger partial charge on any atom is 0.193 e. The normalized spacial score (nSPS) is 17.2. The molecule has 0 aromatic heterocycles. The molecular formula is C16H27IN4O2. The molecule has 2 rings (SSSR count). The Morgan fingerprint density at radius 1 is 1.39 bits per heavy atom. The molecule has 0 spiro atoms. The molecule has 7 heteroatoms. The van der Waals surface area contributed by atoms with Crippen molar-refractivity contribution in [2.45, 2.75) is 6.92 Å². The molecule has 0 saturated carbocycles. The van der Waals surface area contributed by atoms with Gasteiger partial charge >= 0.3 is 0 Å². The molecule has 130 valence electrons. The second-order valence-corrected chi connectivity index (χ2v) is 5.57. The molecule has 1 fully saturated rings. The molecule has 0 radical (unpaired) electrons. The van der Waals surface area contributed by atoms with Crippen LogP contribution in [-0.2, 0) is 4.74 Å². The lowest BCUT2D eigenvalue weighted by molar-refractivity contribution is 0.0323. The predicted molar refractivity (Wildman–Crippen MR) is 105 cm³/mol. The van der Waals surface area contributed by atoms with Gasteiger partial charge in [-0.1, -0.05) is 19.1 Å². The van der Waals surface area contributed by atoms with E-state index in [0.717, 1.165) is 44.3 Å². The van der Waals surface area contributed by atoms with E-state index in [1.807, 2.05) is 24.3 Å². The minimum atomic E-state index is 0. The summed E-state index contributed by atoms with van der Waals surface area (Å²) in [7, 11) is 1.64. The number of guanidine groups is 1. The van der Waals surface area contributed by atoms with E-state index >= 15 is 0 Å². The summed E-state index contributed by atoms with van der Waals surface area (Å²) in [4.78, 5) is 6.84. The van der Waals surface area contributed by atoms with Crippen LogP contribution in [0.1, 0.15) is 6.92 Å². The number of anilines is 1. The van der Waals surface area contributed by atoms with E-state index in [9.17, 15) is 0 Å². The molecule has 1 aromatic rings. The topological polar surface area (TPSA) is 72.1 Å². The van der Waals surface area contributed by atoms with Gasteiger partial charge in [-0.15, -0.1) is 24.0 Å². The standard InChI is InChI=1S/C16H26N4O2.HI/c1-13(12-20-7-9-22-10-8-20)11-18-16(17)19-14-5-3-4-6-15(14)21-2;/h3-6,13H,7-12H2,1-2H3,(H3,17,18,19);1H. The number of morpholine rings is 1. The third-order valence-corrected chi connectivity index (χ3v) is 3.62. The molecule has 1 aliphatic rings. The number of ether oxygens (including phenoxy) is 2. The van der Waals surface area contributed by atoms with Crippen molar-refractivity contribution in [1.82, 2.24) is 4.90 Å². The number of hydrogen-bond acceptors (Lipinski definition) is 4. The van der Waals surface area contributed by atoms with E-state index in [2.05, 4.69) is 22.1 Å². The van der Waals surface area contributed by atoms with Crippen LogP contribution >= 0.6 is 24.0 Å². The Balaban J connectivity index is 0.00000264. The Bertz CT molecular complexity index is 493. The lowest BCUT2D eigenvalue weighted by atomic mass is 10.1. The molecule has 1 saturated heterocycles. The smallest absolute Gasteiger partial charge is 0.193 e. The molecule has 1 aromatic carbocycles. The molecule has 0 aliphatic carbocycles. The number of nitrogens with zero attached hydrogens (tertiary/aromatic N) is 2. The zero-order chi connectivity index (χ0) is 15.8. The van der Waals surface area contributed by atoms with Crippen LogP contribution in [-0.4, -0.2) is 57.4 Å². The fourth-order valence-electron chi connectivity index (χ4n) is 2.46. The summed E-state index contributed by atoms with van der Waals surface area (Å²) in [6.45, 7) is 7.57. The number of nitrogens with one attached hydrogen (secondary N) is 1. The van der Waals surface area contributed by atoms with Crippen LogP contribution in [0.15, 0.2) is 29.3 Å². The monoisotopic (exact) mass is 434 g/mol. The van der Waals surface area contributed by atoms with Crippen molar-refractivity contribution >= 4 is 35.6 Å². The first-order valence-corrected chi connectivity index (χ1v) is 7.69. The van der Waals surface area contributed by atoms with Crippen LogP contribution in [0.3, 0.4) is 0 Å². The second-order valence-electron chi connectivity index (χ2n) is 5.57. The fourth-order valence-corrected chi connectivity index (χ4v) is 2.46. The summed E-state index contributed by atoms with van der Waals surface area (Å²) in [5.74, 6) is 1.62. The Hall–Kier alpha value is -1.06. The fraction of sp³-hybridized carbons (Fsp3) is 0.562. The first kappa shape index (κ1) is 20.0. The molecule has 0 bridgehead atoms. The van der Waals surface area contributed by atoms with E-state index in [4.69, 9.17) is 15.2 Å². The maximum absolute atomic E-state index is 5.96. The Morgan fingerprint density at radius 2 is 2.09 bits per heavy atom. The van der Waals surface area contributed by atoms with Crippen molar-refractivity contribution in [3.63, 3.8) is 0 Å². The molecular weight excluding hydrogens is 407 g/mol. The molecule has 23 heavy (non-hydrogen) atoms. The first-order chi connectivity index (χ1) is 10.7. The van der Waals surface area contributed by atoms with Crippen molar-refractivity contribution in [3.05, 3.63) is 24.3 Å².